The van der Waals surface area contributed by atoms with Crippen molar-refractivity contribution in [1.29, 1.82) is 0 Å². The zero-order valence-corrected chi connectivity index (χ0v) is 12.4. The number of aromatic hydroxyl groups is 1. The zero-order valence-electron chi connectivity index (χ0n) is 12.4. The molecule has 2 aromatic rings. The molecule has 0 spiro atoms. The summed E-state index contributed by atoms with van der Waals surface area (Å²) >= 11 is 0. The highest BCUT2D eigenvalue weighted by atomic mass is 16.5. The lowest BCUT2D eigenvalue weighted by molar-refractivity contribution is 0.0526. The lowest BCUT2D eigenvalue weighted by Crippen LogP contribution is -2.04. The minimum absolute atomic E-state index is 0.0385. The van der Waals surface area contributed by atoms with Crippen molar-refractivity contribution in [2.75, 3.05) is 6.61 Å². The first-order valence-electron chi connectivity index (χ1n) is 7.13. The van der Waals surface area contributed by atoms with E-state index in [0.717, 1.165) is 5.56 Å². The first-order chi connectivity index (χ1) is 11.1. The molecular formula is C18H14O5. The van der Waals surface area contributed by atoms with Crippen LogP contribution in [0.25, 0.3) is 6.08 Å². The van der Waals surface area contributed by atoms with Crippen LogP contribution in [0.3, 0.4) is 0 Å². The summed E-state index contributed by atoms with van der Waals surface area (Å²) in [6.45, 7) is 2.06. The Morgan fingerprint density at radius 3 is 2.65 bits per heavy atom. The van der Waals surface area contributed by atoms with Crippen molar-refractivity contribution in [1.82, 2.24) is 0 Å². The number of ketones is 1. The predicted molar refractivity (Wildman–Crippen MR) is 83.4 cm³/mol. The van der Waals surface area contributed by atoms with Crippen LogP contribution in [0.15, 0.2) is 48.2 Å². The maximum Gasteiger partial charge on any atom is 0.338 e. The summed E-state index contributed by atoms with van der Waals surface area (Å²) in [6, 6.07) is 11.0. The number of phenols is 1. The first kappa shape index (κ1) is 14.8. The average molecular weight is 310 g/mol. The number of carbonyl (C=O) groups is 2. The van der Waals surface area contributed by atoms with Gasteiger partial charge in [-0.2, -0.15) is 0 Å². The van der Waals surface area contributed by atoms with Gasteiger partial charge in [-0.3, -0.25) is 4.79 Å². The highest BCUT2D eigenvalue weighted by molar-refractivity contribution is 6.14. The van der Waals surface area contributed by atoms with Gasteiger partial charge in [-0.1, -0.05) is 12.1 Å². The Labute approximate surface area is 132 Å². The molecule has 1 heterocycles. The number of benzene rings is 2. The van der Waals surface area contributed by atoms with Crippen LogP contribution < -0.4 is 4.74 Å². The Balaban J connectivity index is 1.83. The number of hydrogen-bond acceptors (Lipinski definition) is 5. The average Bonchev–Trinajstić information content (AvgIpc) is 2.83. The third kappa shape index (κ3) is 2.94. The van der Waals surface area contributed by atoms with Gasteiger partial charge >= 0.3 is 5.97 Å². The van der Waals surface area contributed by atoms with Crippen LogP contribution in [-0.4, -0.2) is 23.5 Å². The largest absolute Gasteiger partial charge is 0.508 e. The second kappa shape index (κ2) is 5.96. The molecule has 1 aliphatic rings. The van der Waals surface area contributed by atoms with Crippen molar-refractivity contribution in [3.63, 3.8) is 0 Å². The molecule has 1 aliphatic heterocycles. The summed E-state index contributed by atoms with van der Waals surface area (Å²) in [4.78, 5) is 23.8. The number of allylic oxidation sites excluding steroid dienone is 1. The van der Waals surface area contributed by atoms with E-state index in [1.165, 1.54) is 18.2 Å². The van der Waals surface area contributed by atoms with E-state index < -0.39 is 0 Å². The Kier molecular flexibility index (Phi) is 3.85. The van der Waals surface area contributed by atoms with E-state index >= 15 is 0 Å². The van der Waals surface area contributed by atoms with Gasteiger partial charge in [-0.05, 0) is 42.8 Å². The standard InChI is InChI=1S/C18H14O5/c1-2-22-18(21)12-5-3-11(4-6-12)9-16-17(20)14-8-7-13(19)10-15(14)23-16/h3-10,19H,2H2,1H3/b16-9-. The topological polar surface area (TPSA) is 72.8 Å². The van der Waals surface area contributed by atoms with Crippen LogP contribution in [0.4, 0.5) is 0 Å². The molecule has 0 saturated heterocycles. The van der Waals surface area contributed by atoms with Gasteiger partial charge in [0.1, 0.15) is 11.5 Å². The third-order valence-electron chi connectivity index (χ3n) is 3.37. The molecule has 0 saturated carbocycles. The normalized spacial score (nSPS) is 14.5. The van der Waals surface area contributed by atoms with Gasteiger partial charge in [0, 0.05) is 6.07 Å². The third-order valence-corrected chi connectivity index (χ3v) is 3.37. The molecule has 0 unspecified atom stereocenters. The van der Waals surface area contributed by atoms with Crippen molar-refractivity contribution < 1.29 is 24.2 Å². The highest BCUT2D eigenvalue weighted by Gasteiger charge is 2.27. The molecule has 0 aliphatic carbocycles. The van der Waals surface area contributed by atoms with Crippen molar-refractivity contribution in [2.24, 2.45) is 0 Å². The van der Waals surface area contributed by atoms with Crippen LogP contribution in [0, 0.1) is 0 Å². The van der Waals surface area contributed by atoms with Crippen LogP contribution in [0.2, 0.25) is 0 Å². The Bertz CT molecular complexity index is 803. The second-order valence-corrected chi connectivity index (χ2v) is 4.96. The molecule has 23 heavy (non-hydrogen) atoms. The van der Waals surface area contributed by atoms with Crippen molar-refractivity contribution in [3.8, 4) is 11.5 Å². The van der Waals surface area contributed by atoms with Gasteiger partial charge in [0.2, 0.25) is 5.78 Å². The number of esters is 1. The fourth-order valence-corrected chi connectivity index (χ4v) is 2.26. The summed E-state index contributed by atoms with van der Waals surface area (Å²) in [6.07, 6.45) is 1.59. The zero-order chi connectivity index (χ0) is 16.4. The summed E-state index contributed by atoms with van der Waals surface area (Å²) in [5.41, 5.74) is 1.58. The van der Waals surface area contributed by atoms with E-state index in [4.69, 9.17) is 9.47 Å². The summed E-state index contributed by atoms with van der Waals surface area (Å²) < 4.78 is 10.4. The number of fused-ring (bicyclic) bond motifs is 1. The molecule has 5 nitrogen and oxygen atoms in total. The van der Waals surface area contributed by atoms with Gasteiger partial charge < -0.3 is 14.6 Å². The number of rotatable bonds is 3. The van der Waals surface area contributed by atoms with Crippen LogP contribution in [0.5, 0.6) is 11.5 Å². The van der Waals surface area contributed by atoms with Gasteiger partial charge in [-0.25, -0.2) is 4.79 Å². The molecule has 0 amide bonds. The summed E-state index contributed by atoms with van der Waals surface area (Å²) in [5, 5.41) is 9.43. The van der Waals surface area contributed by atoms with E-state index in [2.05, 4.69) is 0 Å². The summed E-state index contributed by atoms with van der Waals surface area (Å²) in [5.74, 6) is -0.0762. The molecule has 116 valence electrons. The minimum Gasteiger partial charge on any atom is -0.508 e. The fraction of sp³-hybridized carbons (Fsp3) is 0.111. The monoisotopic (exact) mass is 310 g/mol. The van der Waals surface area contributed by atoms with E-state index in [-0.39, 0.29) is 23.3 Å². The lowest BCUT2D eigenvalue weighted by atomic mass is 10.1. The molecule has 0 fully saturated rings. The molecular weight excluding hydrogens is 296 g/mol. The molecule has 0 bridgehead atoms. The van der Waals surface area contributed by atoms with Crippen molar-refractivity contribution >= 4 is 17.8 Å². The van der Waals surface area contributed by atoms with E-state index in [9.17, 15) is 14.7 Å². The van der Waals surface area contributed by atoms with E-state index in [1.807, 2.05) is 0 Å². The number of Topliss-reactive ketones (excluding diaryl/α,β-unsaturated/α-hetero) is 1. The number of phenolic OH excluding ortho intramolecular Hbond substituents is 1. The maximum absolute atomic E-state index is 12.2. The first-order valence-corrected chi connectivity index (χ1v) is 7.13. The highest BCUT2D eigenvalue weighted by Crippen LogP contribution is 2.34. The molecule has 2 aromatic carbocycles. The molecule has 0 atom stereocenters. The smallest absolute Gasteiger partial charge is 0.338 e. The predicted octanol–water partition coefficient (Wildman–Crippen LogP) is 3.19. The number of carbonyl (C=O) groups excluding carboxylic acids is 2. The molecule has 0 radical (unpaired) electrons. The number of ether oxygens (including phenoxy) is 2. The minimum atomic E-state index is -0.386. The Morgan fingerprint density at radius 1 is 1.22 bits per heavy atom. The maximum atomic E-state index is 12.2. The number of hydrogen-bond donors (Lipinski definition) is 1. The van der Waals surface area contributed by atoms with Crippen molar-refractivity contribution in [2.45, 2.75) is 6.92 Å². The fourth-order valence-electron chi connectivity index (χ4n) is 2.26. The van der Waals surface area contributed by atoms with E-state index in [1.54, 1.807) is 37.3 Å². The SMILES string of the molecule is CCOC(=O)c1ccc(/C=C2\Oc3cc(O)ccc3C2=O)cc1. The van der Waals surface area contributed by atoms with Crippen LogP contribution >= 0.6 is 0 Å². The van der Waals surface area contributed by atoms with Crippen LogP contribution in [-0.2, 0) is 4.74 Å². The van der Waals surface area contributed by atoms with Gasteiger partial charge in [0.15, 0.2) is 5.76 Å². The summed E-state index contributed by atoms with van der Waals surface area (Å²) in [7, 11) is 0. The molecule has 1 N–H and O–H groups in total. The van der Waals surface area contributed by atoms with Gasteiger partial charge in [0.05, 0.1) is 17.7 Å². The molecule has 5 heteroatoms. The Hall–Kier alpha value is -3.08. The van der Waals surface area contributed by atoms with Crippen molar-refractivity contribution in [3.05, 3.63) is 64.9 Å². The van der Waals surface area contributed by atoms with E-state index in [0.29, 0.717) is 23.5 Å². The quantitative estimate of drug-likeness (QED) is 0.696. The molecule has 3 rings (SSSR count). The van der Waals surface area contributed by atoms with Crippen LogP contribution in [0.1, 0.15) is 33.2 Å². The van der Waals surface area contributed by atoms with Gasteiger partial charge in [-0.15, -0.1) is 0 Å². The Morgan fingerprint density at radius 2 is 1.96 bits per heavy atom. The van der Waals surface area contributed by atoms with Gasteiger partial charge in [0.25, 0.3) is 0 Å². The molecule has 0 aromatic heterocycles. The lowest BCUT2D eigenvalue weighted by Gasteiger charge is -2.02. The second-order valence-electron chi connectivity index (χ2n) is 4.96.